The predicted molar refractivity (Wildman–Crippen MR) is 114 cm³/mol. The number of thiophene rings is 1. The van der Waals surface area contributed by atoms with Crippen molar-refractivity contribution >= 4 is 23.3 Å². The topological polar surface area (TPSA) is 15.3 Å². The zero-order valence-electron chi connectivity index (χ0n) is 15.7. The molecule has 152 valence electrons. The van der Waals surface area contributed by atoms with Gasteiger partial charge < -0.3 is 0 Å². The van der Waals surface area contributed by atoms with Gasteiger partial charge in [0.15, 0.2) is 0 Å². The molecule has 0 spiro atoms. The number of rotatable bonds is 6. The van der Waals surface area contributed by atoms with Gasteiger partial charge in [-0.2, -0.15) is 13.2 Å². The molecule has 29 heavy (non-hydrogen) atoms. The van der Waals surface area contributed by atoms with E-state index in [4.69, 9.17) is 0 Å². The van der Waals surface area contributed by atoms with Crippen LogP contribution < -0.4 is 4.72 Å². The molecule has 0 bridgehead atoms. The van der Waals surface area contributed by atoms with Crippen LogP contribution in [0.3, 0.4) is 0 Å². The molecule has 1 aliphatic heterocycles. The molecule has 1 N–H and O–H groups in total. The van der Waals surface area contributed by atoms with Gasteiger partial charge in [0.05, 0.1) is 5.56 Å². The third-order valence-corrected chi connectivity index (χ3v) is 6.80. The van der Waals surface area contributed by atoms with Crippen LogP contribution in [0.2, 0.25) is 0 Å². The molecule has 1 aliphatic rings. The van der Waals surface area contributed by atoms with Crippen molar-refractivity contribution in [3.05, 3.63) is 77.2 Å². The standard InChI is InChI=1S/C22H21F3N2S2/c23-22(24,25)18-3-1-4-20(13-18)29-26-19-10-11-27(15-19)14-16-6-8-17(9-7-16)21-5-2-12-28-21/h1-9,12-13,19,26H,10-11,14-15H2. The maximum atomic E-state index is 12.8. The Kier molecular flexibility index (Phi) is 6.29. The number of hydrogen-bond donors (Lipinski definition) is 1. The summed E-state index contributed by atoms with van der Waals surface area (Å²) in [6, 6.07) is 18.6. The van der Waals surface area contributed by atoms with Crippen LogP contribution in [0.25, 0.3) is 10.4 Å². The van der Waals surface area contributed by atoms with Crippen LogP contribution in [0.5, 0.6) is 0 Å². The molecule has 0 aliphatic carbocycles. The highest BCUT2D eigenvalue weighted by molar-refractivity contribution is 7.97. The minimum atomic E-state index is -4.31. The Morgan fingerprint density at radius 1 is 1.07 bits per heavy atom. The van der Waals surface area contributed by atoms with E-state index in [0.717, 1.165) is 32.1 Å². The summed E-state index contributed by atoms with van der Waals surface area (Å²) < 4.78 is 41.8. The summed E-state index contributed by atoms with van der Waals surface area (Å²) in [5.41, 5.74) is 1.90. The molecule has 0 radical (unpaired) electrons. The fourth-order valence-electron chi connectivity index (χ4n) is 3.44. The SMILES string of the molecule is FC(F)(F)c1cccc(SNC2CCN(Cc3ccc(-c4cccs4)cc3)C2)c1. The summed E-state index contributed by atoms with van der Waals surface area (Å²) in [4.78, 5) is 4.24. The van der Waals surface area contributed by atoms with Crippen molar-refractivity contribution in [2.24, 2.45) is 0 Å². The lowest BCUT2D eigenvalue weighted by atomic mass is 10.1. The Labute approximate surface area is 176 Å². The van der Waals surface area contributed by atoms with Gasteiger partial charge in [0.2, 0.25) is 0 Å². The molecular formula is C22H21F3N2S2. The number of benzene rings is 2. The summed E-state index contributed by atoms with van der Waals surface area (Å²) in [5, 5.41) is 2.08. The Morgan fingerprint density at radius 2 is 1.90 bits per heavy atom. The second-order valence-electron chi connectivity index (χ2n) is 7.14. The lowest BCUT2D eigenvalue weighted by molar-refractivity contribution is -0.137. The van der Waals surface area contributed by atoms with E-state index in [1.54, 1.807) is 17.4 Å². The molecule has 2 nitrogen and oxygen atoms in total. The van der Waals surface area contributed by atoms with Crippen LogP contribution in [-0.2, 0) is 12.7 Å². The molecule has 3 aromatic rings. The Bertz CT molecular complexity index is 924. The molecule has 1 fully saturated rings. The number of alkyl halides is 3. The summed E-state index contributed by atoms with van der Waals surface area (Å²) in [5.74, 6) is 0. The van der Waals surface area contributed by atoms with Crippen molar-refractivity contribution in [2.75, 3.05) is 13.1 Å². The molecule has 1 aromatic heterocycles. The van der Waals surface area contributed by atoms with Gasteiger partial charge >= 0.3 is 6.18 Å². The largest absolute Gasteiger partial charge is 0.416 e. The number of nitrogens with zero attached hydrogens (tertiary/aromatic N) is 1. The maximum absolute atomic E-state index is 12.8. The van der Waals surface area contributed by atoms with Crippen LogP contribution in [0.15, 0.2) is 70.9 Å². The van der Waals surface area contributed by atoms with E-state index in [-0.39, 0.29) is 6.04 Å². The fourth-order valence-corrected chi connectivity index (χ4v) is 5.00. The Balaban J connectivity index is 1.27. The minimum Gasteiger partial charge on any atom is -0.297 e. The van der Waals surface area contributed by atoms with Crippen LogP contribution in [-0.4, -0.2) is 24.0 Å². The zero-order chi connectivity index (χ0) is 20.3. The third-order valence-electron chi connectivity index (χ3n) is 4.94. The van der Waals surface area contributed by atoms with Crippen molar-refractivity contribution in [1.29, 1.82) is 0 Å². The summed E-state index contributed by atoms with van der Waals surface area (Å²) in [6.45, 7) is 2.75. The lowest BCUT2D eigenvalue weighted by Gasteiger charge is -2.17. The predicted octanol–water partition coefficient (Wildman–Crippen LogP) is 6.31. The monoisotopic (exact) mass is 434 g/mol. The highest BCUT2D eigenvalue weighted by atomic mass is 32.2. The van der Waals surface area contributed by atoms with E-state index in [9.17, 15) is 13.2 Å². The number of hydrogen-bond acceptors (Lipinski definition) is 4. The normalized spacial score (nSPS) is 17.7. The summed E-state index contributed by atoms with van der Waals surface area (Å²) >= 11 is 3.02. The van der Waals surface area contributed by atoms with Crippen LogP contribution in [0.4, 0.5) is 13.2 Å². The fraction of sp³-hybridized carbons (Fsp3) is 0.273. The number of likely N-dealkylation sites (tertiary alicyclic amines) is 1. The van der Waals surface area contributed by atoms with Crippen LogP contribution in [0.1, 0.15) is 17.5 Å². The average Bonchev–Trinajstić information content (AvgIpc) is 3.39. The van der Waals surface area contributed by atoms with Crippen LogP contribution in [0, 0.1) is 0 Å². The first kappa shape index (κ1) is 20.5. The molecular weight excluding hydrogens is 413 g/mol. The second-order valence-corrected chi connectivity index (χ2v) is 9.00. The molecule has 0 amide bonds. The Hall–Kier alpha value is -1.80. The van der Waals surface area contributed by atoms with E-state index in [0.29, 0.717) is 4.90 Å². The van der Waals surface area contributed by atoms with Crippen molar-refractivity contribution < 1.29 is 13.2 Å². The van der Waals surface area contributed by atoms with Gasteiger partial charge in [-0.15, -0.1) is 11.3 Å². The first-order valence-corrected chi connectivity index (χ1v) is 11.1. The summed E-state index contributed by atoms with van der Waals surface area (Å²) in [7, 11) is 0. The molecule has 7 heteroatoms. The van der Waals surface area contributed by atoms with Gasteiger partial charge in [0, 0.05) is 35.4 Å². The Morgan fingerprint density at radius 3 is 2.62 bits per heavy atom. The first-order chi connectivity index (χ1) is 14.0. The van der Waals surface area contributed by atoms with Gasteiger partial charge in [-0.3, -0.25) is 9.62 Å². The van der Waals surface area contributed by atoms with Crippen LogP contribution >= 0.6 is 23.3 Å². The quantitative estimate of drug-likeness (QED) is 0.458. The minimum absolute atomic E-state index is 0.264. The van der Waals surface area contributed by atoms with Crippen molar-refractivity contribution in [1.82, 2.24) is 9.62 Å². The molecule has 2 aromatic carbocycles. The zero-order valence-corrected chi connectivity index (χ0v) is 17.3. The molecule has 2 heterocycles. The smallest absolute Gasteiger partial charge is 0.297 e. The molecule has 1 saturated heterocycles. The molecule has 1 unspecified atom stereocenters. The van der Waals surface area contributed by atoms with Gasteiger partial charge in [0.25, 0.3) is 0 Å². The second kappa shape index (κ2) is 8.92. The van der Waals surface area contributed by atoms with E-state index in [2.05, 4.69) is 51.4 Å². The van der Waals surface area contributed by atoms with E-state index < -0.39 is 11.7 Å². The van der Waals surface area contributed by atoms with Gasteiger partial charge in [-0.1, -0.05) is 36.4 Å². The van der Waals surface area contributed by atoms with Gasteiger partial charge in [-0.05, 0) is 59.1 Å². The molecule has 4 rings (SSSR count). The number of halogens is 3. The highest BCUT2D eigenvalue weighted by Crippen LogP contribution is 2.31. The average molecular weight is 435 g/mol. The lowest BCUT2D eigenvalue weighted by Crippen LogP contribution is -2.28. The summed E-state index contributed by atoms with van der Waals surface area (Å²) in [6.07, 6.45) is -3.32. The van der Waals surface area contributed by atoms with Gasteiger partial charge in [0.1, 0.15) is 0 Å². The third kappa shape index (κ3) is 5.42. The van der Waals surface area contributed by atoms with E-state index in [1.165, 1.54) is 40.1 Å². The van der Waals surface area contributed by atoms with E-state index >= 15 is 0 Å². The highest BCUT2D eigenvalue weighted by Gasteiger charge is 2.30. The van der Waals surface area contributed by atoms with E-state index in [1.807, 2.05) is 0 Å². The maximum Gasteiger partial charge on any atom is 0.416 e. The molecule has 1 atom stereocenters. The van der Waals surface area contributed by atoms with Crippen molar-refractivity contribution in [3.8, 4) is 10.4 Å². The first-order valence-electron chi connectivity index (χ1n) is 9.42. The van der Waals surface area contributed by atoms with Crippen molar-refractivity contribution in [2.45, 2.75) is 30.1 Å². The van der Waals surface area contributed by atoms with Gasteiger partial charge in [-0.25, -0.2) is 0 Å². The van der Waals surface area contributed by atoms with Crippen molar-refractivity contribution in [3.63, 3.8) is 0 Å². The molecule has 0 saturated carbocycles. The number of nitrogens with one attached hydrogen (secondary N) is 1.